The summed E-state index contributed by atoms with van der Waals surface area (Å²) in [6, 6.07) is -1.94. The van der Waals surface area contributed by atoms with Gasteiger partial charge in [-0.2, -0.15) is 0 Å². The van der Waals surface area contributed by atoms with Crippen molar-refractivity contribution in [2.45, 2.75) is 136 Å². The fraction of sp³-hybridized carbons (Fsp3) is 0.893. The van der Waals surface area contributed by atoms with Crippen molar-refractivity contribution < 1.29 is 24.6 Å². The lowest BCUT2D eigenvalue weighted by molar-refractivity contribution is -0.160. The second-order valence-electron chi connectivity index (χ2n) is 11.6. The van der Waals surface area contributed by atoms with Crippen molar-refractivity contribution in [3.05, 3.63) is 0 Å². The highest BCUT2D eigenvalue weighted by Crippen LogP contribution is 2.33. The molecule has 1 fully saturated rings. The van der Waals surface area contributed by atoms with Gasteiger partial charge in [0.05, 0.1) is 18.2 Å². The van der Waals surface area contributed by atoms with Crippen LogP contribution in [0.5, 0.6) is 0 Å². The van der Waals surface area contributed by atoms with Crippen molar-refractivity contribution in [3.8, 4) is 0 Å². The van der Waals surface area contributed by atoms with Gasteiger partial charge in [-0.05, 0) is 36.5 Å². The van der Waals surface area contributed by atoms with E-state index in [2.05, 4.69) is 0 Å². The molecule has 0 aromatic rings. The zero-order valence-electron chi connectivity index (χ0n) is 23.7. The predicted octanol–water partition coefficient (Wildman–Crippen LogP) is 3.15. The second-order valence-corrected chi connectivity index (χ2v) is 11.6. The molecule has 0 aromatic carbocycles. The molecule has 1 saturated carbocycles. The Hall–Kier alpha value is -1.35. The number of amides is 2. The molecular formula is C28H53N3O5. The van der Waals surface area contributed by atoms with Gasteiger partial charge in [0.1, 0.15) is 6.10 Å². The van der Waals surface area contributed by atoms with Crippen LogP contribution in [0.25, 0.3) is 0 Å². The Morgan fingerprint density at radius 1 is 1.00 bits per heavy atom. The molecule has 0 radical (unpaired) electrons. The Balaban J connectivity index is 3.56. The molecule has 0 saturated heterocycles. The molecule has 0 aliphatic heterocycles. The molecule has 0 aromatic heterocycles. The molecule has 8 heteroatoms. The van der Waals surface area contributed by atoms with Crippen LogP contribution in [0.4, 0.5) is 0 Å². The van der Waals surface area contributed by atoms with Gasteiger partial charge < -0.3 is 21.7 Å². The van der Waals surface area contributed by atoms with E-state index in [4.69, 9.17) is 11.5 Å². The molecule has 1 aliphatic rings. The van der Waals surface area contributed by atoms with E-state index in [-0.39, 0.29) is 17.8 Å². The summed E-state index contributed by atoms with van der Waals surface area (Å²) >= 11 is 0. The summed E-state index contributed by atoms with van der Waals surface area (Å²) in [5.41, 5.74) is 10.9. The van der Waals surface area contributed by atoms with E-state index in [9.17, 15) is 24.6 Å². The summed E-state index contributed by atoms with van der Waals surface area (Å²) in [5, 5.41) is 22.2. The SMILES string of the molecule is CCC(C)C(N)C(=O)C(N)(C(=O)N(C(C)=O)[C@@H](CC1CCCCC1)[C@@H](O)[C@@H](O)CC(C)C)C(C)CC. The molecule has 2 amide bonds. The van der Waals surface area contributed by atoms with Crippen molar-refractivity contribution in [1.82, 2.24) is 4.90 Å². The fourth-order valence-electron chi connectivity index (χ4n) is 5.44. The average Bonchev–Trinajstić information content (AvgIpc) is 2.85. The number of ketones is 1. The van der Waals surface area contributed by atoms with Crippen molar-refractivity contribution in [2.24, 2.45) is 35.1 Å². The molecule has 210 valence electrons. The van der Waals surface area contributed by atoms with E-state index in [0.717, 1.165) is 37.0 Å². The van der Waals surface area contributed by atoms with Crippen LogP contribution in [0.3, 0.4) is 0 Å². The highest BCUT2D eigenvalue weighted by Gasteiger charge is 2.53. The van der Waals surface area contributed by atoms with Crippen LogP contribution in [0.15, 0.2) is 0 Å². The minimum absolute atomic E-state index is 0.107. The van der Waals surface area contributed by atoms with Gasteiger partial charge in [-0.3, -0.25) is 19.3 Å². The molecule has 0 spiro atoms. The first-order valence-corrected chi connectivity index (χ1v) is 14.0. The fourth-order valence-corrected chi connectivity index (χ4v) is 5.44. The first-order chi connectivity index (χ1) is 16.7. The van der Waals surface area contributed by atoms with Gasteiger partial charge in [-0.1, -0.05) is 86.5 Å². The number of hydrogen-bond acceptors (Lipinski definition) is 7. The molecular weight excluding hydrogens is 458 g/mol. The van der Waals surface area contributed by atoms with Crippen LogP contribution >= 0.6 is 0 Å². The van der Waals surface area contributed by atoms with Crippen molar-refractivity contribution in [3.63, 3.8) is 0 Å². The molecule has 1 aliphatic carbocycles. The molecule has 7 atom stereocenters. The van der Waals surface area contributed by atoms with Gasteiger partial charge >= 0.3 is 0 Å². The van der Waals surface area contributed by atoms with Crippen LogP contribution in [0.2, 0.25) is 0 Å². The molecule has 6 N–H and O–H groups in total. The number of imide groups is 1. The minimum atomic E-state index is -2.02. The maximum absolute atomic E-state index is 14.2. The Labute approximate surface area is 218 Å². The van der Waals surface area contributed by atoms with Gasteiger partial charge in [0.2, 0.25) is 5.91 Å². The third kappa shape index (κ3) is 7.83. The summed E-state index contributed by atoms with van der Waals surface area (Å²) in [5.74, 6) is -2.48. The lowest BCUT2D eigenvalue weighted by Crippen LogP contribution is -2.70. The number of carbonyl (C=O) groups excluding carboxylic acids is 3. The van der Waals surface area contributed by atoms with Gasteiger partial charge in [0.15, 0.2) is 11.3 Å². The first kappa shape index (κ1) is 32.7. The molecule has 4 unspecified atom stereocenters. The van der Waals surface area contributed by atoms with Crippen LogP contribution in [0.1, 0.15) is 106 Å². The standard InChI is InChI=1S/C28H53N3O5/c1-8-18(5)24(29)26(35)28(30,19(6)9-2)27(36)31(20(7)32)22(16-21-13-11-10-12-14-21)25(34)23(33)15-17(3)4/h17-19,21-25,33-34H,8-16,29-30H2,1-7H3/t18?,19?,22-,23-,24?,25+,28?/m0/s1. The normalized spacial score (nSPS) is 21.7. The molecule has 8 nitrogen and oxygen atoms in total. The quantitative estimate of drug-likeness (QED) is 0.262. The van der Waals surface area contributed by atoms with Crippen molar-refractivity contribution in [2.75, 3.05) is 0 Å². The number of nitrogens with two attached hydrogens (primary N) is 2. The van der Waals surface area contributed by atoms with Crippen LogP contribution < -0.4 is 11.5 Å². The van der Waals surface area contributed by atoms with E-state index in [0.29, 0.717) is 25.7 Å². The third-order valence-electron chi connectivity index (χ3n) is 8.40. The lowest BCUT2D eigenvalue weighted by atomic mass is 9.74. The number of aliphatic hydroxyl groups is 2. The van der Waals surface area contributed by atoms with Crippen molar-refractivity contribution in [1.29, 1.82) is 0 Å². The predicted molar refractivity (Wildman–Crippen MR) is 143 cm³/mol. The molecule has 0 heterocycles. The van der Waals surface area contributed by atoms with Gasteiger partial charge in [0.25, 0.3) is 5.91 Å². The summed E-state index contributed by atoms with van der Waals surface area (Å²) in [4.78, 5) is 41.9. The summed E-state index contributed by atoms with van der Waals surface area (Å²) in [7, 11) is 0. The lowest BCUT2D eigenvalue weighted by Gasteiger charge is -2.43. The highest BCUT2D eigenvalue weighted by molar-refractivity contribution is 6.16. The maximum Gasteiger partial charge on any atom is 0.257 e. The Morgan fingerprint density at radius 2 is 1.56 bits per heavy atom. The Kier molecular flexibility index (Phi) is 13.2. The Morgan fingerprint density at radius 3 is 2.00 bits per heavy atom. The molecule has 0 bridgehead atoms. The van der Waals surface area contributed by atoms with Crippen LogP contribution in [-0.2, 0) is 14.4 Å². The number of carbonyl (C=O) groups is 3. The summed E-state index contributed by atoms with van der Waals surface area (Å²) in [6.07, 6.45) is 4.37. The summed E-state index contributed by atoms with van der Waals surface area (Å²) < 4.78 is 0. The van der Waals surface area contributed by atoms with Gasteiger partial charge in [0, 0.05) is 6.92 Å². The Bertz CT molecular complexity index is 724. The summed E-state index contributed by atoms with van der Waals surface area (Å²) in [6.45, 7) is 12.4. The zero-order chi connectivity index (χ0) is 27.8. The maximum atomic E-state index is 14.2. The monoisotopic (exact) mass is 511 g/mol. The number of hydrogen-bond donors (Lipinski definition) is 4. The van der Waals surface area contributed by atoms with Crippen molar-refractivity contribution >= 4 is 17.6 Å². The molecule has 36 heavy (non-hydrogen) atoms. The highest BCUT2D eigenvalue weighted by atomic mass is 16.3. The van der Waals surface area contributed by atoms with E-state index in [1.807, 2.05) is 34.6 Å². The largest absolute Gasteiger partial charge is 0.390 e. The number of rotatable bonds is 14. The molecule has 1 rings (SSSR count). The van der Waals surface area contributed by atoms with E-state index in [1.165, 1.54) is 6.92 Å². The van der Waals surface area contributed by atoms with E-state index in [1.54, 1.807) is 6.92 Å². The average molecular weight is 512 g/mol. The smallest absolute Gasteiger partial charge is 0.257 e. The number of nitrogens with zero attached hydrogens (tertiary/aromatic N) is 1. The van der Waals surface area contributed by atoms with Crippen LogP contribution in [0, 0.1) is 23.7 Å². The van der Waals surface area contributed by atoms with Gasteiger partial charge in [-0.25, -0.2) is 0 Å². The second kappa shape index (κ2) is 14.6. The van der Waals surface area contributed by atoms with Gasteiger partial charge in [-0.15, -0.1) is 0 Å². The van der Waals surface area contributed by atoms with E-state index < -0.39 is 53.3 Å². The van der Waals surface area contributed by atoms with Crippen LogP contribution in [-0.4, -0.2) is 62.5 Å². The number of aliphatic hydroxyl groups excluding tert-OH is 2. The minimum Gasteiger partial charge on any atom is -0.390 e. The first-order valence-electron chi connectivity index (χ1n) is 14.0. The number of Topliss-reactive ketones (excluding diaryl/α,β-unsaturated/α-hetero) is 1. The topological polar surface area (TPSA) is 147 Å². The third-order valence-corrected chi connectivity index (χ3v) is 8.40. The zero-order valence-corrected chi connectivity index (χ0v) is 23.7. The van der Waals surface area contributed by atoms with E-state index >= 15 is 0 Å².